The van der Waals surface area contributed by atoms with E-state index in [9.17, 15) is 13.2 Å². The Bertz CT molecular complexity index is 674. The van der Waals surface area contributed by atoms with Crippen molar-refractivity contribution < 1.29 is 17.9 Å². The molecule has 2 heterocycles. The molecule has 0 bridgehead atoms. The minimum atomic E-state index is -4.31. The van der Waals surface area contributed by atoms with E-state index in [2.05, 4.69) is 23.7 Å². The molecule has 7 heteroatoms. The zero-order valence-corrected chi connectivity index (χ0v) is 14.3. The highest BCUT2D eigenvalue weighted by Crippen LogP contribution is 2.32. The molecular weight excluding hydrogens is 337 g/mol. The van der Waals surface area contributed by atoms with Crippen molar-refractivity contribution in [2.24, 2.45) is 0 Å². The Balaban J connectivity index is 1.69. The lowest BCUT2D eigenvalue weighted by atomic mass is 10.1. The summed E-state index contributed by atoms with van der Waals surface area (Å²) in [5.74, 6) is 0. The largest absolute Gasteiger partial charge is 0.416 e. The number of thiazole rings is 1. The molecule has 0 saturated carbocycles. The van der Waals surface area contributed by atoms with E-state index in [-0.39, 0.29) is 12.2 Å². The van der Waals surface area contributed by atoms with E-state index in [4.69, 9.17) is 4.74 Å². The van der Waals surface area contributed by atoms with Crippen LogP contribution in [0.4, 0.5) is 13.2 Å². The summed E-state index contributed by atoms with van der Waals surface area (Å²) in [6.07, 6.45) is -3.92. The van der Waals surface area contributed by atoms with Crippen LogP contribution in [0.2, 0.25) is 0 Å². The standard InChI is InChI=1S/C17H19F3N2OS/c1-11-7-22(8-12(2)23-11)9-15-10-24-16(21-15)13-3-5-14(6-4-13)17(18,19)20/h3-6,10-12H,7-9H2,1-2H3. The zero-order valence-electron chi connectivity index (χ0n) is 13.5. The molecule has 0 aliphatic carbocycles. The predicted octanol–water partition coefficient (Wildman–Crippen LogP) is 4.44. The molecule has 0 N–H and O–H groups in total. The third kappa shape index (κ3) is 4.15. The maximum atomic E-state index is 12.6. The molecule has 1 aromatic heterocycles. The van der Waals surface area contributed by atoms with Gasteiger partial charge in [-0.2, -0.15) is 13.2 Å². The van der Waals surface area contributed by atoms with Gasteiger partial charge in [0, 0.05) is 30.6 Å². The van der Waals surface area contributed by atoms with Gasteiger partial charge in [0.15, 0.2) is 0 Å². The minimum Gasteiger partial charge on any atom is -0.373 e. The second-order valence-corrected chi connectivity index (χ2v) is 7.03. The number of aromatic nitrogens is 1. The van der Waals surface area contributed by atoms with Crippen molar-refractivity contribution in [3.63, 3.8) is 0 Å². The van der Waals surface area contributed by atoms with Gasteiger partial charge in [-0.1, -0.05) is 12.1 Å². The Morgan fingerprint density at radius 2 is 1.79 bits per heavy atom. The number of hydrogen-bond donors (Lipinski definition) is 0. The molecule has 1 aliphatic rings. The molecule has 1 aliphatic heterocycles. The lowest BCUT2D eigenvalue weighted by Crippen LogP contribution is -2.44. The summed E-state index contributed by atoms with van der Waals surface area (Å²) in [6, 6.07) is 5.15. The number of alkyl halides is 3. The number of morpholine rings is 1. The van der Waals surface area contributed by atoms with Crippen molar-refractivity contribution in [1.29, 1.82) is 0 Å². The molecule has 2 atom stereocenters. The molecule has 0 radical (unpaired) electrons. The zero-order chi connectivity index (χ0) is 17.3. The molecule has 130 valence electrons. The topological polar surface area (TPSA) is 25.4 Å². The lowest BCUT2D eigenvalue weighted by molar-refractivity contribution is -0.137. The normalized spacial score (nSPS) is 22.7. The first-order chi connectivity index (χ1) is 11.3. The van der Waals surface area contributed by atoms with Crippen LogP contribution in [0.5, 0.6) is 0 Å². The first-order valence-electron chi connectivity index (χ1n) is 7.81. The molecule has 3 rings (SSSR count). The number of benzene rings is 1. The van der Waals surface area contributed by atoms with E-state index < -0.39 is 11.7 Å². The Morgan fingerprint density at radius 3 is 2.38 bits per heavy atom. The van der Waals surface area contributed by atoms with Gasteiger partial charge in [0.2, 0.25) is 0 Å². The summed E-state index contributed by atoms with van der Waals surface area (Å²) in [7, 11) is 0. The van der Waals surface area contributed by atoms with Crippen LogP contribution < -0.4 is 0 Å². The fourth-order valence-electron chi connectivity index (χ4n) is 2.96. The number of ether oxygens (including phenoxy) is 1. The van der Waals surface area contributed by atoms with Crippen LogP contribution in [0, 0.1) is 0 Å². The second-order valence-electron chi connectivity index (χ2n) is 6.17. The molecule has 1 aromatic carbocycles. The van der Waals surface area contributed by atoms with Gasteiger partial charge in [-0.25, -0.2) is 4.98 Å². The smallest absolute Gasteiger partial charge is 0.373 e. The molecule has 1 saturated heterocycles. The third-order valence-electron chi connectivity index (χ3n) is 3.89. The fraction of sp³-hybridized carbons (Fsp3) is 0.471. The van der Waals surface area contributed by atoms with Gasteiger partial charge in [-0.05, 0) is 26.0 Å². The molecule has 1 fully saturated rings. The van der Waals surface area contributed by atoms with Crippen molar-refractivity contribution >= 4 is 11.3 Å². The van der Waals surface area contributed by atoms with Gasteiger partial charge in [-0.3, -0.25) is 4.90 Å². The Kier molecular flexibility index (Phi) is 4.94. The Hall–Kier alpha value is -1.44. The average molecular weight is 356 g/mol. The van der Waals surface area contributed by atoms with Crippen molar-refractivity contribution in [2.45, 2.75) is 38.8 Å². The monoisotopic (exact) mass is 356 g/mol. The lowest BCUT2D eigenvalue weighted by Gasteiger charge is -2.34. The van der Waals surface area contributed by atoms with E-state index in [1.54, 1.807) is 0 Å². The SMILES string of the molecule is CC1CN(Cc2csc(-c3ccc(C(F)(F)F)cc3)n2)CC(C)O1. The second kappa shape index (κ2) is 6.82. The van der Waals surface area contributed by atoms with Gasteiger partial charge in [0.1, 0.15) is 5.01 Å². The van der Waals surface area contributed by atoms with Crippen LogP contribution in [0.25, 0.3) is 10.6 Å². The van der Waals surface area contributed by atoms with E-state index in [1.165, 1.54) is 23.5 Å². The molecule has 0 amide bonds. The summed E-state index contributed by atoms with van der Waals surface area (Å²) in [5.41, 5.74) is 1.01. The van der Waals surface area contributed by atoms with Crippen molar-refractivity contribution in [3.05, 3.63) is 40.9 Å². The highest BCUT2D eigenvalue weighted by atomic mass is 32.1. The number of hydrogen-bond acceptors (Lipinski definition) is 4. The molecule has 24 heavy (non-hydrogen) atoms. The number of nitrogens with zero attached hydrogens (tertiary/aromatic N) is 2. The van der Waals surface area contributed by atoms with Gasteiger partial charge < -0.3 is 4.74 Å². The van der Waals surface area contributed by atoms with Crippen LogP contribution in [0.1, 0.15) is 25.1 Å². The van der Waals surface area contributed by atoms with Crippen LogP contribution in [-0.2, 0) is 17.5 Å². The van der Waals surface area contributed by atoms with Crippen LogP contribution >= 0.6 is 11.3 Å². The fourth-order valence-corrected chi connectivity index (χ4v) is 3.77. The van der Waals surface area contributed by atoms with Crippen LogP contribution in [0.15, 0.2) is 29.6 Å². The van der Waals surface area contributed by atoms with Crippen molar-refractivity contribution in [3.8, 4) is 10.6 Å². The maximum Gasteiger partial charge on any atom is 0.416 e. The Morgan fingerprint density at radius 1 is 1.17 bits per heavy atom. The summed E-state index contributed by atoms with van der Waals surface area (Å²) in [4.78, 5) is 6.87. The van der Waals surface area contributed by atoms with Gasteiger partial charge in [0.05, 0.1) is 23.5 Å². The predicted molar refractivity (Wildman–Crippen MR) is 87.8 cm³/mol. The third-order valence-corrected chi connectivity index (χ3v) is 4.83. The number of halogens is 3. The highest BCUT2D eigenvalue weighted by Gasteiger charge is 2.30. The highest BCUT2D eigenvalue weighted by molar-refractivity contribution is 7.13. The Labute approximate surface area is 143 Å². The summed E-state index contributed by atoms with van der Waals surface area (Å²) in [6.45, 7) is 6.55. The average Bonchev–Trinajstić information content (AvgIpc) is 2.94. The van der Waals surface area contributed by atoms with E-state index in [0.717, 1.165) is 42.5 Å². The van der Waals surface area contributed by atoms with Crippen molar-refractivity contribution in [2.75, 3.05) is 13.1 Å². The minimum absolute atomic E-state index is 0.196. The van der Waals surface area contributed by atoms with Gasteiger partial charge >= 0.3 is 6.18 Å². The summed E-state index contributed by atoms with van der Waals surface area (Å²) >= 11 is 1.46. The van der Waals surface area contributed by atoms with Crippen molar-refractivity contribution in [1.82, 2.24) is 9.88 Å². The summed E-state index contributed by atoms with van der Waals surface area (Å²) < 4.78 is 43.6. The van der Waals surface area contributed by atoms with E-state index >= 15 is 0 Å². The molecule has 3 nitrogen and oxygen atoms in total. The van der Waals surface area contributed by atoms with E-state index in [1.807, 2.05) is 5.38 Å². The molecular formula is C17H19F3N2OS. The van der Waals surface area contributed by atoms with Gasteiger partial charge in [-0.15, -0.1) is 11.3 Å². The first-order valence-corrected chi connectivity index (χ1v) is 8.69. The van der Waals surface area contributed by atoms with Crippen LogP contribution in [0.3, 0.4) is 0 Å². The van der Waals surface area contributed by atoms with Crippen LogP contribution in [-0.4, -0.2) is 35.2 Å². The van der Waals surface area contributed by atoms with Gasteiger partial charge in [0.25, 0.3) is 0 Å². The summed E-state index contributed by atoms with van der Waals surface area (Å²) in [5, 5.41) is 2.71. The molecule has 0 spiro atoms. The molecule has 2 aromatic rings. The molecule has 2 unspecified atom stereocenters. The maximum absolute atomic E-state index is 12.6. The number of rotatable bonds is 3. The first kappa shape index (κ1) is 17.4. The quantitative estimate of drug-likeness (QED) is 0.813. The van der Waals surface area contributed by atoms with E-state index in [0.29, 0.717) is 5.56 Å².